The minimum Gasteiger partial charge on any atom is -0.460 e. The molecule has 0 spiro atoms. The van der Waals surface area contributed by atoms with Crippen molar-refractivity contribution in [3.63, 3.8) is 0 Å². The number of nitrogens with one attached hydrogen (secondary N) is 1. The Morgan fingerprint density at radius 2 is 1.72 bits per heavy atom. The van der Waals surface area contributed by atoms with Gasteiger partial charge < -0.3 is 14.8 Å². The summed E-state index contributed by atoms with van der Waals surface area (Å²) in [5.41, 5.74) is 0.330. The molecule has 5 nitrogen and oxygen atoms in total. The first kappa shape index (κ1) is 26.2. The maximum absolute atomic E-state index is 12.0. The topological polar surface area (TPSA) is 64.6 Å². The van der Waals surface area contributed by atoms with Gasteiger partial charge in [0.2, 0.25) is 0 Å². The van der Waals surface area contributed by atoms with E-state index < -0.39 is 12.1 Å². The number of hydrogen-bond acceptors (Lipinski definition) is 4. The predicted molar refractivity (Wildman–Crippen MR) is 129 cm³/mol. The molecule has 0 heterocycles. The van der Waals surface area contributed by atoms with Crippen LogP contribution in [-0.2, 0) is 14.3 Å². The minimum absolute atomic E-state index is 0.0883. The van der Waals surface area contributed by atoms with E-state index in [9.17, 15) is 9.59 Å². The molecule has 2 aliphatic carbocycles. The number of ether oxygens (including phenoxy) is 2. The Labute approximate surface area is 197 Å². The Bertz CT molecular complexity index is 704. The minimum atomic E-state index is -0.497. The van der Waals surface area contributed by atoms with Gasteiger partial charge >= 0.3 is 12.1 Å². The van der Waals surface area contributed by atoms with E-state index in [-0.39, 0.29) is 19.1 Å². The molecular formula is C26H38ClNO4. The van der Waals surface area contributed by atoms with E-state index in [2.05, 4.69) is 43.3 Å². The molecule has 6 unspecified atom stereocenters. The van der Waals surface area contributed by atoms with Gasteiger partial charge in [-0.1, -0.05) is 30.9 Å². The summed E-state index contributed by atoms with van der Waals surface area (Å²) in [5, 5.41) is 2.61. The standard InChI is InChI=1S/C26H38ClNO4/c1-5-19-13-22(23(14-19)9-10-27)8-7-20-15-21(6-2)24(16-20)17-32-26(30)28-11-12-31-25(29)18(3)4/h5-8,19-24H,1-3,9-17H2,4H3,(H,28,30)/b8-7-. The summed E-state index contributed by atoms with van der Waals surface area (Å²) in [4.78, 5) is 23.3. The number of rotatable bonds is 12. The lowest BCUT2D eigenvalue weighted by molar-refractivity contribution is -0.138. The van der Waals surface area contributed by atoms with Crippen LogP contribution >= 0.6 is 11.6 Å². The molecule has 0 bridgehead atoms. The summed E-state index contributed by atoms with van der Waals surface area (Å²) in [5.74, 6) is 3.10. The lowest BCUT2D eigenvalue weighted by Crippen LogP contribution is -2.30. The molecule has 2 rings (SSSR count). The first-order chi connectivity index (χ1) is 15.4. The van der Waals surface area contributed by atoms with Gasteiger partial charge in [0.05, 0.1) is 13.2 Å². The number of esters is 1. The number of alkyl halides is 1. The van der Waals surface area contributed by atoms with Gasteiger partial charge in [-0.15, -0.1) is 24.8 Å². The van der Waals surface area contributed by atoms with Crippen LogP contribution in [0.5, 0.6) is 0 Å². The summed E-state index contributed by atoms with van der Waals surface area (Å²) in [6, 6.07) is 0. The van der Waals surface area contributed by atoms with E-state index in [0.717, 1.165) is 25.7 Å². The Morgan fingerprint density at radius 1 is 1.00 bits per heavy atom. The highest BCUT2D eigenvalue weighted by atomic mass is 35.5. The van der Waals surface area contributed by atoms with Gasteiger partial charge in [-0.25, -0.2) is 9.59 Å². The van der Waals surface area contributed by atoms with E-state index in [0.29, 0.717) is 47.6 Å². The summed E-state index contributed by atoms with van der Waals surface area (Å²) in [6.45, 7) is 13.7. The van der Waals surface area contributed by atoms with Crippen molar-refractivity contribution in [2.75, 3.05) is 25.6 Å². The van der Waals surface area contributed by atoms with Crippen molar-refractivity contribution in [1.82, 2.24) is 5.32 Å². The molecule has 1 amide bonds. The zero-order valence-electron chi connectivity index (χ0n) is 19.3. The zero-order valence-corrected chi connectivity index (χ0v) is 20.0. The summed E-state index contributed by atoms with van der Waals surface area (Å²) >= 11 is 6.02. The van der Waals surface area contributed by atoms with Gasteiger partial charge in [-0.2, -0.15) is 0 Å². The largest absolute Gasteiger partial charge is 0.460 e. The SMILES string of the molecule is C=CC1CC(/C=C\C2CC(C=C)C(COC(=O)NCCOC(=O)C(=C)C)C2)C(CCCl)C1. The summed E-state index contributed by atoms with van der Waals surface area (Å²) in [6.07, 6.45) is 13.7. The monoisotopic (exact) mass is 463 g/mol. The molecule has 2 fully saturated rings. The number of allylic oxidation sites excluding steroid dienone is 4. The van der Waals surface area contributed by atoms with E-state index in [1.807, 2.05) is 6.08 Å². The quantitative estimate of drug-likeness (QED) is 0.133. The number of amides is 1. The highest BCUT2D eigenvalue weighted by Gasteiger charge is 2.34. The molecule has 178 valence electrons. The highest BCUT2D eigenvalue weighted by Crippen LogP contribution is 2.42. The number of hydrogen-bond donors (Lipinski definition) is 1. The lowest BCUT2D eigenvalue weighted by Gasteiger charge is -2.16. The number of alkyl carbamates (subject to hydrolysis) is 1. The van der Waals surface area contributed by atoms with Crippen LogP contribution in [0.1, 0.15) is 39.0 Å². The van der Waals surface area contributed by atoms with Crippen molar-refractivity contribution in [2.45, 2.75) is 39.0 Å². The molecule has 0 radical (unpaired) electrons. The van der Waals surface area contributed by atoms with Crippen LogP contribution in [0, 0.1) is 35.5 Å². The normalized spacial score (nSPS) is 29.6. The van der Waals surface area contributed by atoms with Crippen LogP contribution < -0.4 is 5.32 Å². The van der Waals surface area contributed by atoms with Gasteiger partial charge in [-0.3, -0.25) is 0 Å². The average Bonchev–Trinajstić information content (AvgIpc) is 3.36. The maximum Gasteiger partial charge on any atom is 0.407 e. The Hall–Kier alpha value is -2.01. The maximum atomic E-state index is 12.0. The Morgan fingerprint density at radius 3 is 2.38 bits per heavy atom. The first-order valence-corrected chi connectivity index (χ1v) is 12.1. The fourth-order valence-corrected chi connectivity index (χ4v) is 5.18. The highest BCUT2D eigenvalue weighted by molar-refractivity contribution is 6.17. The number of halogens is 1. The van der Waals surface area contributed by atoms with Crippen LogP contribution in [0.2, 0.25) is 0 Å². The van der Waals surface area contributed by atoms with Gasteiger partial charge in [0.1, 0.15) is 6.61 Å². The van der Waals surface area contributed by atoms with Crippen molar-refractivity contribution in [2.24, 2.45) is 35.5 Å². The molecule has 6 heteroatoms. The Balaban J connectivity index is 1.76. The van der Waals surface area contributed by atoms with Crippen molar-refractivity contribution < 1.29 is 19.1 Å². The van der Waals surface area contributed by atoms with Crippen LogP contribution in [-0.4, -0.2) is 37.7 Å². The Kier molecular flexibility index (Phi) is 11.1. The third-order valence-corrected chi connectivity index (χ3v) is 6.92. The molecule has 0 aliphatic heterocycles. The molecule has 0 saturated heterocycles. The molecule has 2 saturated carbocycles. The molecule has 2 aliphatic rings. The van der Waals surface area contributed by atoms with E-state index in [1.54, 1.807) is 6.92 Å². The zero-order chi connectivity index (χ0) is 23.5. The fourth-order valence-electron chi connectivity index (χ4n) is 4.90. The summed E-state index contributed by atoms with van der Waals surface area (Å²) in [7, 11) is 0. The summed E-state index contributed by atoms with van der Waals surface area (Å²) < 4.78 is 10.4. The van der Waals surface area contributed by atoms with E-state index >= 15 is 0 Å². The lowest BCUT2D eigenvalue weighted by atomic mass is 9.91. The van der Waals surface area contributed by atoms with Crippen LogP contribution in [0.3, 0.4) is 0 Å². The molecule has 32 heavy (non-hydrogen) atoms. The number of carbonyl (C=O) groups excluding carboxylic acids is 2. The van der Waals surface area contributed by atoms with E-state index in [4.69, 9.17) is 21.1 Å². The van der Waals surface area contributed by atoms with Crippen LogP contribution in [0.15, 0.2) is 49.6 Å². The van der Waals surface area contributed by atoms with Gasteiger partial charge in [-0.05, 0) is 68.6 Å². The third-order valence-electron chi connectivity index (χ3n) is 6.70. The molecule has 0 aromatic carbocycles. The van der Waals surface area contributed by atoms with Crippen molar-refractivity contribution in [1.29, 1.82) is 0 Å². The molecule has 0 aromatic heterocycles. The molecule has 6 atom stereocenters. The smallest absolute Gasteiger partial charge is 0.407 e. The van der Waals surface area contributed by atoms with Crippen molar-refractivity contribution in [3.8, 4) is 0 Å². The second-order valence-electron chi connectivity index (χ2n) is 9.09. The van der Waals surface area contributed by atoms with E-state index in [1.165, 1.54) is 6.42 Å². The van der Waals surface area contributed by atoms with Crippen molar-refractivity contribution >= 4 is 23.7 Å². The average molecular weight is 464 g/mol. The van der Waals surface area contributed by atoms with Crippen molar-refractivity contribution in [3.05, 3.63) is 49.6 Å². The van der Waals surface area contributed by atoms with Gasteiger partial charge in [0, 0.05) is 17.4 Å². The molecule has 1 N–H and O–H groups in total. The van der Waals surface area contributed by atoms with Crippen LogP contribution in [0.25, 0.3) is 0 Å². The fraction of sp³-hybridized carbons (Fsp3) is 0.615. The second-order valence-corrected chi connectivity index (χ2v) is 9.46. The van der Waals surface area contributed by atoms with Gasteiger partial charge in [0.25, 0.3) is 0 Å². The third kappa shape index (κ3) is 8.16. The number of carbonyl (C=O) groups is 2. The molecule has 0 aromatic rings. The first-order valence-electron chi connectivity index (χ1n) is 11.6. The second kappa shape index (κ2) is 13.5. The predicted octanol–water partition coefficient (Wildman–Crippen LogP) is 5.67. The van der Waals surface area contributed by atoms with Crippen LogP contribution in [0.4, 0.5) is 4.79 Å². The molecular weight excluding hydrogens is 426 g/mol. The van der Waals surface area contributed by atoms with Gasteiger partial charge in [0.15, 0.2) is 0 Å².